The molecule has 3 aliphatic rings. The molecule has 226 valence electrons. The molecule has 4 heterocycles. The fraction of sp³-hybridized carbons (Fsp3) is 0.433. The molecule has 3 fully saturated rings. The molecule has 1 saturated carbocycles. The van der Waals surface area contributed by atoms with Gasteiger partial charge in [-0.1, -0.05) is 28.6 Å². The zero-order chi connectivity index (χ0) is 29.9. The first-order valence-electron chi connectivity index (χ1n) is 14.1. The summed E-state index contributed by atoms with van der Waals surface area (Å²) in [4.78, 5) is 19.4. The Labute approximate surface area is 257 Å². The van der Waals surface area contributed by atoms with Gasteiger partial charge in [-0.3, -0.25) is 0 Å². The van der Waals surface area contributed by atoms with Gasteiger partial charge in [0.05, 0.1) is 35.6 Å². The zero-order valence-electron chi connectivity index (χ0n) is 23.0. The van der Waals surface area contributed by atoms with E-state index in [-0.39, 0.29) is 42.0 Å². The van der Waals surface area contributed by atoms with E-state index in [2.05, 4.69) is 30.7 Å². The van der Waals surface area contributed by atoms with Crippen LogP contribution in [0.15, 0.2) is 45.4 Å². The Morgan fingerprint density at radius 2 is 1.88 bits per heavy atom. The third kappa shape index (κ3) is 5.62. The summed E-state index contributed by atoms with van der Waals surface area (Å²) < 4.78 is 62.4. The third-order valence-corrected chi connectivity index (χ3v) is 9.99. The standard InChI is InChI=1S/C30H27BrF3N3O5S/c1-39-28(38)16-10-22(31)26-24(11-16)43-29(35-26)37-17-8-9-18(37)13-19(12-17)40-14-21-25(36-42-27(21)15-6-7-15)20-4-2-3-5-23(20)41-30(32,33)34/h2-5,10-11,15,17-19H,6-9,12-14H2,1H3/t17-,18?,19?/m0/s1. The summed E-state index contributed by atoms with van der Waals surface area (Å²) >= 11 is 5.12. The molecule has 8 nitrogen and oxygen atoms in total. The van der Waals surface area contributed by atoms with E-state index in [1.807, 2.05) is 6.07 Å². The minimum atomic E-state index is -4.83. The van der Waals surface area contributed by atoms with E-state index in [1.165, 1.54) is 19.2 Å². The lowest BCUT2D eigenvalue weighted by Crippen LogP contribution is -2.45. The number of methoxy groups -OCH3 is 1. The van der Waals surface area contributed by atoms with E-state index in [0.717, 1.165) is 58.3 Å². The molecular formula is C30H27BrF3N3O5S. The summed E-state index contributed by atoms with van der Waals surface area (Å²) in [6, 6.07) is 10.0. The second-order valence-corrected chi connectivity index (χ2v) is 13.0. The van der Waals surface area contributed by atoms with Crippen LogP contribution in [-0.2, 0) is 16.1 Å². The number of halogens is 4. The van der Waals surface area contributed by atoms with Crippen LogP contribution < -0.4 is 9.64 Å². The predicted molar refractivity (Wildman–Crippen MR) is 156 cm³/mol. The normalized spacial score (nSPS) is 21.9. The lowest BCUT2D eigenvalue weighted by molar-refractivity contribution is -0.274. The molecule has 4 aromatic rings. The first-order valence-corrected chi connectivity index (χ1v) is 15.7. The van der Waals surface area contributed by atoms with Gasteiger partial charge in [0, 0.05) is 33.6 Å². The average Bonchev–Trinajstić information content (AvgIpc) is 3.48. The molecule has 1 aliphatic carbocycles. The number of thiazole rings is 1. The number of carbonyl (C=O) groups excluding carboxylic acids is 1. The van der Waals surface area contributed by atoms with Crippen LogP contribution in [0.1, 0.15) is 66.1 Å². The summed E-state index contributed by atoms with van der Waals surface area (Å²) in [5, 5.41) is 5.11. The lowest BCUT2D eigenvalue weighted by Gasteiger charge is -2.38. The molecule has 0 spiro atoms. The highest BCUT2D eigenvalue weighted by molar-refractivity contribution is 9.10. The van der Waals surface area contributed by atoms with Gasteiger partial charge in [0.1, 0.15) is 17.2 Å². The molecule has 3 atom stereocenters. The number of hydrogen-bond donors (Lipinski definition) is 0. The number of anilines is 1. The molecule has 2 unspecified atom stereocenters. The van der Waals surface area contributed by atoms with Gasteiger partial charge in [0.25, 0.3) is 0 Å². The van der Waals surface area contributed by atoms with Crippen LogP contribution in [0.2, 0.25) is 0 Å². The van der Waals surface area contributed by atoms with Crippen LogP contribution in [0, 0.1) is 0 Å². The Morgan fingerprint density at radius 1 is 1.14 bits per heavy atom. The zero-order valence-corrected chi connectivity index (χ0v) is 25.4. The van der Waals surface area contributed by atoms with Crippen molar-refractivity contribution in [2.24, 2.45) is 0 Å². The molecule has 0 N–H and O–H groups in total. The number of ether oxygens (including phenoxy) is 3. The highest BCUT2D eigenvalue weighted by Gasteiger charge is 2.43. The van der Waals surface area contributed by atoms with E-state index < -0.39 is 12.3 Å². The van der Waals surface area contributed by atoms with Gasteiger partial charge in [-0.2, -0.15) is 0 Å². The quantitative estimate of drug-likeness (QED) is 0.174. The fourth-order valence-corrected chi connectivity index (χ4v) is 8.17. The summed E-state index contributed by atoms with van der Waals surface area (Å²) in [5.74, 6) is 0.169. The van der Waals surface area contributed by atoms with Crippen molar-refractivity contribution in [2.45, 2.75) is 75.6 Å². The summed E-state index contributed by atoms with van der Waals surface area (Å²) in [7, 11) is 1.36. The molecule has 13 heteroatoms. The Hall–Kier alpha value is -3.16. The molecule has 0 radical (unpaired) electrons. The van der Waals surface area contributed by atoms with Crippen LogP contribution >= 0.6 is 27.3 Å². The molecule has 2 aromatic heterocycles. The number of fused-ring (bicyclic) bond motifs is 3. The topological polar surface area (TPSA) is 86.9 Å². The molecular weight excluding hydrogens is 651 g/mol. The number of alkyl halides is 3. The number of nitrogens with zero attached hydrogens (tertiary/aromatic N) is 3. The van der Waals surface area contributed by atoms with Gasteiger partial charge < -0.3 is 23.6 Å². The average molecular weight is 679 g/mol. The molecule has 43 heavy (non-hydrogen) atoms. The van der Waals surface area contributed by atoms with Gasteiger partial charge >= 0.3 is 12.3 Å². The number of esters is 1. The van der Waals surface area contributed by atoms with Crippen molar-refractivity contribution in [3.63, 3.8) is 0 Å². The largest absolute Gasteiger partial charge is 0.573 e. The number of carbonyl (C=O) groups is 1. The maximum absolute atomic E-state index is 13.1. The van der Waals surface area contributed by atoms with Crippen molar-refractivity contribution in [3.8, 4) is 17.0 Å². The summed E-state index contributed by atoms with van der Waals surface area (Å²) in [6.45, 7) is 0.194. The van der Waals surface area contributed by atoms with Crippen LogP contribution in [0.5, 0.6) is 5.75 Å². The molecule has 2 aliphatic heterocycles. The minimum absolute atomic E-state index is 0.0303. The van der Waals surface area contributed by atoms with Gasteiger partial charge in [-0.05, 0) is 78.7 Å². The molecule has 2 saturated heterocycles. The van der Waals surface area contributed by atoms with Crippen molar-refractivity contribution in [1.29, 1.82) is 0 Å². The summed E-state index contributed by atoms with van der Waals surface area (Å²) in [6.07, 6.45) is 0.673. The van der Waals surface area contributed by atoms with Gasteiger partial charge in [0.15, 0.2) is 5.13 Å². The first-order chi connectivity index (χ1) is 20.7. The van der Waals surface area contributed by atoms with E-state index in [0.29, 0.717) is 22.6 Å². The number of rotatable bonds is 8. The molecule has 2 aromatic carbocycles. The Bertz CT molecular complexity index is 1670. The first kappa shape index (κ1) is 28.6. The van der Waals surface area contributed by atoms with E-state index in [1.54, 1.807) is 29.5 Å². The van der Waals surface area contributed by atoms with Crippen LogP contribution in [-0.4, -0.2) is 47.8 Å². The molecule has 0 amide bonds. The second kappa shape index (κ2) is 11.1. The van der Waals surface area contributed by atoms with Gasteiger partial charge in [-0.25, -0.2) is 9.78 Å². The maximum Gasteiger partial charge on any atom is 0.573 e. The van der Waals surface area contributed by atoms with Crippen molar-refractivity contribution in [2.75, 3.05) is 12.0 Å². The Kier molecular flexibility index (Phi) is 7.37. The van der Waals surface area contributed by atoms with Crippen LogP contribution in [0.25, 0.3) is 21.5 Å². The highest BCUT2D eigenvalue weighted by atomic mass is 79.9. The smallest absolute Gasteiger partial charge is 0.465 e. The number of hydrogen-bond acceptors (Lipinski definition) is 9. The van der Waals surface area contributed by atoms with Crippen molar-refractivity contribution in [1.82, 2.24) is 10.1 Å². The number of benzene rings is 2. The highest BCUT2D eigenvalue weighted by Crippen LogP contribution is 2.47. The van der Waals surface area contributed by atoms with Crippen molar-refractivity contribution < 1.29 is 36.7 Å². The van der Waals surface area contributed by atoms with Gasteiger partial charge in [0.2, 0.25) is 0 Å². The monoisotopic (exact) mass is 677 g/mol. The van der Waals surface area contributed by atoms with E-state index in [9.17, 15) is 18.0 Å². The van der Waals surface area contributed by atoms with Crippen molar-refractivity contribution >= 4 is 48.6 Å². The maximum atomic E-state index is 13.1. The number of piperidine rings is 1. The minimum Gasteiger partial charge on any atom is -0.465 e. The van der Waals surface area contributed by atoms with E-state index >= 15 is 0 Å². The second-order valence-electron chi connectivity index (χ2n) is 11.2. The lowest BCUT2D eigenvalue weighted by atomic mass is 10.00. The fourth-order valence-electron chi connectivity index (χ4n) is 6.32. The third-order valence-electron chi connectivity index (χ3n) is 8.37. The van der Waals surface area contributed by atoms with Gasteiger partial charge in [-0.15, -0.1) is 13.2 Å². The number of para-hydroxylation sites is 1. The molecule has 7 rings (SSSR count). The SMILES string of the molecule is COC(=O)c1cc(Br)c2nc(N3C4CC[C@H]3CC(OCc3c(-c5ccccc5OC(F)(F)F)noc3C3CC3)C4)sc2c1. The van der Waals surface area contributed by atoms with Crippen LogP contribution in [0.4, 0.5) is 18.3 Å². The Balaban J connectivity index is 1.10. The summed E-state index contributed by atoms with van der Waals surface area (Å²) in [5.41, 5.74) is 2.52. The predicted octanol–water partition coefficient (Wildman–Crippen LogP) is 7.99. The van der Waals surface area contributed by atoms with E-state index in [4.69, 9.17) is 19.0 Å². The molecule has 2 bridgehead atoms. The van der Waals surface area contributed by atoms with Crippen molar-refractivity contribution in [3.05, 3.63) is 57.8 Å². The Morgan fingerprint density at radius 3 is 2.58 bits per heavy atom. The van der Waals surface area contributed by atoms with Crippen LogP contribution in [0.3, 0.4) is 0 Å². The number of aromatic nitrogens is 2.